The van der Waals surface area contributed by atoms with E-state index in [1.165, 1.54) is 25.7 Å². The van der Waals surface area contributed by atoms with Gasteiger partial charge < -0.3 is 9.30 Å². The van der Waals surface area contributed by atoms with Crippen LogP contribution in [0.1, 0.15) is 43.8 Å². The van der Waals surface area contributed by atoms with Gasteiger partial charge in [0.05, 0.1) is 23.1 Å². The van der Waals surface area contributed by atoms with Crippen LogP contribution >= 0.6 is 23.2 Å². The summed E-state index contributed by atoms with van der Waals surface area (Å²) in [6, 6.07) is 1.82. The number of rotatable bonds is 5. The fourth-order valence-electron chi connectivity index (χ4n) is 2.89. The van der Waals surface area contributed by atoms with E-state index in [0.717, 1.165) is 17.0 Å². The molecule has 0 N–H and O–H groups in total. The van der Waals surface area contributed by atoms with Gasteiger partial charge in [-0.1, -0.05) is 24.4 Å². The molecule has 1 aliphatic carbocycles. The van der Waals surface area contributed by atoms with Crippen molar-refractivity contribution in [3.05, 3.63) is 23.1 Å². The maximum absolute atomic E-state index is 6.24. The monoisotopic (exact) mass is 327 g/mol. The molecule has 0 amide bonds. The van der Waals surface area contributed by atoms with Crippen molar-refractivity contribution in [1.29, 1.82) is 0 Å². The summed E-state index contributed by atoms with van der Waals surface area (Å²) in [5, 5.41) is 0.410. The minimum absolute atomic E-state index is 0.176. The molecule has 0 aliphatic heterocycles. The molecule has 3 rings (SSSR count). The molecule has 0 saturated heterocycles. The lowest BCUT2D eigenvalue weighted by molar-refractivity contribution is 0.0530. The molecule has 1 unspecified atom stereocenters. The minimum Gasteiger partial charge on any atom is -0.376 e. The standard InChI is InChI=1S/C15H19Cl2N3O/c1-10(16)14-19-13-8-11(17)9-18-15(13)20(14)6-7-21-12-4-2-3-5-12/h8-10,12H,2-7H2,1H3. The zero-order valence-corrected chi connectivity index (χ0v) is 13.6. The van der Waals surface area contributed by atoms with Gasteiger partial charge in [-0.3, -0.25) is 0 Å². The fraction of sp³-hybridized carbons (Fsp3) is 0.600. The number of halogens is 2. The van der Waals surface area contributed by atoms with Gasteiger partial charge in [-0.05, 0) is 25.8 Å². The van der Waals surface area contributed by atoms with E-state index in [2.05, 4.69) is 9.97 Å². The van der Waals surface area contributed by atoms with Crippen molar-refractivity contribution >= 4 is 34.4 Å². The molecule has 1 atom stereocenters. The normalized spacial score (nSPS) is 17.7. The van der Waals surface area contributed by atoms with Gasteiger partial charge in [-0.2, -0.15) is 0 Å². The number of imidazole rings is 1. The highest BCUT2D eigenvalue weighted by atomic mass is 35.5. The number of fused-ring (bicyclic) bond motifs is 1. The number of alkyl halides is 1. The van der Waals surface area contributed by atoms with Crippen LogP contribution in [0.2, 0.25) is 5.02 Å². The topological polar surface area (TPSA) is 39.9 Å². The first-order chi connectivity index (χ1) is 10.1. The van der Waals surface area contributed by atoms with E-state index < -0.39 is 0 Å². The molecule has 114 valence electrons. The van der Waals surface area contributed by atoms with E-state index in [-0.39, 0.29) is 5.38 Å². The molecule has 0 aromatic carbocycles. The van der Waals surface area contributed by atoms with Gasteiger partial charge in [0.1, 0.15) is 11.3 Å². The molecule has 2 heterocycles. The Morgan fingerprint density at radius 1 is 1.43 bits per heavy atom. The van der Waals surface area contributed by atoms with E-state index in [1.54, 1.807) is 6.20 Å². The summed E-state index contributed by atoms with van der Waals surface area (Å²) in [5.41, 5.74) is 1.60. The Morgan fingerprint density at radius 2 is 2.19 bits per heavy atom. The molecular weight excluding hydrogens is 309 g/mol. The summed E-state index contributed by atoms with van der Waals surface area (Å²) in [5.74, 6) is 0.816. The first-order valence-electron chi connectivity index (χ1n) is 7.42. The molecule has 1 saturated carbocycles. The third kappa shape index (κ3) is 3.33. The van der Waals surface area contributed by atoms with Crippen molar-refractivity contribution in [2.45, 2.75) is 50.6 Å². The second kappa shape index (κ2) is 6.51. The van der Waals surface area contributed by atoms with Crippen LogP contribution in [0.5, 0.6) is 0 Å². The largest absolute Gasteiger partial charge is 0.376 e. The Kier molecular flexibility index (Phi) is 4.67. The molecule has 0 bridgehead atoms. The summed E-state index contributed by atoms with van der Waals surface area (Å²) >= 11 is 12.2. The fourth-order valence-corrected chi connectivity index (χ4v) is 3.21. The van der Waals surface area contributed by atoms with Crippen LogP contribution in [-0.4, -0.2) is 27.2 Å². The zero-order chi connectivity index (χ0) is 14.8. The van der Waals surface area contributed by atoms with Crippen LogP contribution in [0.3, 0.4) is 0 Å². The Bertz CT molecular complexity index is 621. The van der Waals surface area contributed by atoms with E-state index in [4.69, 9.17) is 27.9 Å². The predicted molar refractivity (Wildman–Crippen MR) is 85.0 cm³/mol. The van der Waals surface area contributed by atoms with Gasteiger partial charge in [-0.15, -0.1) is 11.6 Å². The summed E-state index contributed by atoms with van der Waals surface area (Å²) in [6.07, 6.45) is 6.97. The van der Waals surface area contributed by atoms with Crippen LogP contribution in [0.25, 0.3) is 11.2 Å². The second-order valence-corrected chi connectivity index (χ2v) is 6.60. The van der Waals surface area contributed by atoms with E-state index in [1.807, 2.05) is 17.6 Å². The first-order valence-corrected chi connectivity index (χ1v) is 8.24. The molecule has 2 aromatic rings. The Balaban J connectivity index is 1.79. The smallest absolute Gasteiger partial charge is 0.160 e. The summed E-state index contributed by atoms with van der Waals surface area (Å²) < 4.78 is 7.98. The SMILES string of the molecule is CC(Cl)c1nc2cc(Cl)cnc2n1CCOC1CCCC1. The highest BCUT2D eigenvalue weighted by Crippen LogP contribution is 2.25. The van der Waals surface area contributed by atoms with Gasteiger partial charge in [-0.25, -0.2) is 9.97 Å². The van der Waals surface area contributed by atoms with Crippen molar-refractivity contribution in [3.8, 4) is 0 Å². The van der Waals surface area contributed by atoms with Crippen LogP contribution in [0, 0.1) is 0 Å². The first kappa shape index (κ1) is 15.1. The van der Waals surface area contributed by atoms with Crippen LogP contribution < -0.4 is 0 Å². The van der Waals surface area contributed by atoms with Crippen LogP contribution in [0.15, 0.2) is 12.3 Å². The summed E-state index contributed by atoms with van der Waals surface area (Å²) in [7, 11) is 0. The molecule has 1 aliphatic rings. The minimum atomic E-state index is -0.176. The quantitative estimate of drug-likeness (QED) is 0.767. The third-order valence-electron chi connectivity index (χ3n) is 3.91. The Morgan fingerprint density at radius 3 is 2.90 bits per heavy atom. The number of aromatic nitrogens is 3. The highest BCUT2D eigenvalue weighted by molar-refractivity contribution is 6.31. The number of ether oxygens (including phenoxy) is 1. The molecule has 6 heteroatoms. The van der Waals surface area contributed by atoms with Gasteiger partial charge in [0.25, 0.3) is 0 Å². The van der Waals surface area contributed by atoms with Gasteiger partial charge >= 0.3 is 0 Å². The average Bonchev–Trinajstić information content (AvgIpc) is 3.06. The maximum atomic E-state index is 6.24. The van der Waals surface area contributed by atoms with Crippen LogP contribution in [-0.2, 0) is 11.3 Å². The van der Waals surface area contributed by atoms with Crippen molar-refractivity contribution in [2.24, 2.45) is 0 Å². The Labute approximate surface area is 134 Å². The van der Waals surface area contributed by atoms with Gasteiger partial charge in [0, 0.05) is 12.7 Å². The average molecular weight is 328 g/mol. The van der Waals surface area contributed by atoms with Crippen LogP contribution in [0.4, 0.5) is 0 Å². The maximum Gasteiger partial charge on any atom is 0.160 e. The number of nitrogens with zero attached hydrogens (tertiary/aromatic N) is 3. The van der Waals surface area contributed by atoms with E-state index in [0.29, 0.717) is 24.3 Å². The van der Waals surface area contributed by atoms with Crippen molar-refractivity contribution in [2.75, 3.05) is 6.61 Å². The third-order valence-corrected chi connectivity index (χ3v) is 4.31. The van der Waals surface area contributed by atoms with Gasteiger partial charge in [0.2, 0.25) is 0 Å². The van der Waals surface area contributed by atoms with E-state index >= 15 is 0 Å². The molecule has 2 aromatic heterocycles. The molecule has 1 fully saturated rings. The molecule has 21 heavy (non-hydrogen) atoms. The van der Waals surface area contributed by atoms with E-state index in [9.17, 15) is 0 Å². The van der Waals surface area contributed by atoms with Gasteiger partial charge in [0.15, 0.2) is 5.65 Å². The number of hydrogen-bond donors (Lipinski definition) is 0. The summed E-state index contributed by atoms with van der Waals surface area (Å²) in [6.45, 7) is 3.30. The molecule has 4 nitrogen and oxygen atoms in total. The molecular formula is C15H19Cl2N3O. The Hall–Kier alpha value is -0.840. The lowest BCUT2D eigenvalue weighted by Crippen LogP contribution is -2.15. The summed E-state index contributed by atoms with van der Waals surface area (Å²) in [4.78, 5) is 8.94. The second-order valence-electron chi connectivity index (χ2n) is 5.51. The lowest BCUT2D eigenvalue weighted by atomic mass is 10.3. The highest BCUT2D eigenvalue weighted by Gasteiger charge is 2.18. The number of pyridine rings is 1. The van der Waals surface area contributed by atoms with Crippen molar-refractivity contribution in [3.63, 3.8) is 0 Å². The predicted octanol–water partition coefficient (Wildman–Crippen LogP) is 4.34. The van der Waals surface area contributed by atoms with Crippen molar-refractivity contribution < 1.29 is 4.74 Å². The number of hydrogen-bond acceptors (Lipinski definition) is 3. The van der Waals surface area contributed by atoms with Crippen molar-refractivity contribution in [1.82, 2.24) is 14.5 Å². The zero-order valence-electron chi connectivity index (χ0n) is 12.1. The molecule has 0 radical (unpaired) electrons. The lowest BCUT2D eigenvalue weighted by Gasteiger charge is -2.13. The molecule has 0 spiro atoms.